The van der Waals surface area contributed by atoms with Gasteiger partial charge in [0.15, 0.2) is 0 Å². The first-order chi connectivity index (χ1) is 6.76. The van der Waals surface area contributed by atoms with Crippen molar-refractivity contribution >= 4 is 12.1 Å². The molecule has 0 aliphatic heterocycles. The summed E-state index contributed by atoms with van der Waals surface area (Å²) < 4.78 is 4.17. The topological polar surface area (TPSA) is 63.6 Å². The lowest BCUT2D eigenvalue weighted by Crippen LogP contribution is -2.14. The Labute approximate surface area is 88.9 Å². The van der Waals surface area contributed by atoms with Crippen molar-refractivity contribution in [2.45, 2.75) is 27.7 Å². The van der Waals surface area contributed by atoms with Gasteiger partial charge in [-0.3, -0.25) is 4.79 Å². The number of carbonyl (C=O) groups is 2. The molecule has 0 aromatic rings. The lowest BCUT2D eigenvalue weighted by Gasteiger charge is -1.99. The summed E-state index contributed by atoms with van der Waals surface area (Å²) >= 11 is 0. The van der Waals surface area contributed by atoms with Gasteiger partial charge in [-0.1, -0.05) is 25.5 Å². The Hall–Kier alpha value is -1.32. The van der Waals surface area contributed by atoms with Gasteiger partial charge in [0.1, 0.15) is 0 Å². The van der Waals surface area contributed by atoms with Crippen molar-refractivity contribution in [1.82, 2.24) is 0 Å². The minimum Gasteiger partial charge on any atom is -0.449 e. The van der Waals surface area contributed by atoms with E-state index < -0.39 is 12.1 Å². The molecule has 4 nitrogen and oxygen atoms in total. The Bertz CT molecular complexity index is 323. The maximum atomic E-state index is 11.4. The zero-order valence-corrected chi connectivity index (χ0v) is 9.40. The molecule has 0 bridgehead atoms. The Balaban J connectivity index is 2.70. The average molecular weight is 212 g/mol. The normalized spacial score (nSPS) is 26.7. The molecule has 0 amide bonds. The first-order valence-corrected chi connectivity index (χ1v) is 4.86. The Morgan fingerprint density at radius 2 is 1.87 bits per heavy atom. The lowest BCUT2D eigenvalue weighted by molar-refractivity contribution is -0.141. The average Bonchev–Trinajstić information content (AvgIpc) is 2.49. The zero-order valence-electron chi connectivity index (χ0n) is 9.40. The fourth-order valence-electron chi connectivity index (χ4n) is 1.95. The number of carbonyl (C=O) groups excluding carboxylic acids is 1. The fraction of sp³-hybridized carbons (Fsp3) is 0.636. The number of rotatable bonds is 2. The van der Waals surface area contributed by atoms with Crippen LogP contribution >= 0.6 is 0 Å². The highest BCUT2D eigenvalue weighted by Crippen LogP contribution is 2.59. The lowest BCUT2D eigenvalue weighted by atomic mass is 10.1. The van der Waals surface area contributed by atoms with Crippen molar-refractivity contribution in [3.63, 3.8) is 0 Å². The molecular weight excluding hydrogens is 196 g/mol. The number of allylic oxidation sites excluding steroid dienone is 2. The monoisotopic (exact) mass is 212 g/mol. The van der Waals surface area contributed by atoms with E-state index in [1.807, 2.05) is 33.8 Å². The third-order valence-electron chi connectivity index (χ3n) is 2.87. The Morgan fingerprint density at radius 3 is 2.27 bits per heavy atom. The Kier molecular flexibility index (Phi) is 2.88. The van der Waals surface area contributed by atoms with E-state index in [1.54, 1.807) is 0 Å². The van der Waals surface area contributed by atoms with Crippen LogP contribution in [0.2, 0.25) is 0 Å². The molecule has 0 spiro atoms. The second-order valence-electron chi connectivity index (χ2n) is 4.76. The number of ether oxygens (including phenoxy) is 1. The molecule has 2 atom stereocenters. The minimum atomic E-state index is -1.53. The predicted octanol–water partition coefficient (Wildman–Crippen LogP) is 2.45. The molecule has 84 valence electrons. The van der Waals surface area contributed by atoms with E-state index in [9.17, 15) is 9.59 Å². The van der Waals surface area contributed by atoms with Crippen molar-refractivity contribution in [2.75, 3.05) is 0 Å². The van der Waals surface area contributed by atoms with Gasteiger partial charge in [-0.2, -0.15) is 0 Å². The second-order valence-corrected chi connectivity index (χ2v) is 4.76. The molecule has 1 saturated carbocycles. The van der Waals surface area contributed by atoms with Gasteiger partial charge in [-0.15, -0.1) is 0 Å². The van der Waals surface area contributed by atoms with Crippen LogP contribution in [0.5, 0.6) is 0 Å². The second kappa shape index (κ2) is 3.68. The molecule has 1 fully saturated rings. The zero-order chi connectivity index (χ0) is 11.8. The fourth-order valence-corrected chi connectivity index (χ4v) is 1.95. The van der Waals surface area contributed by atoms with Crippen molar-refractivity contribution in [1.29, 1.82) is 0 Å². The van der Waals surface area contributed by atoms with Gasteiger partial charge in [0, 0.05) is 0 Å². The summed E-state index contributed by atoms with van der Waals surface area (Å²) in [5.74, 6) is -0.882. The third-order valence-corrected chi connectivity index (χ3v) is 2.87. The number of hydrogen-bond donors (Lipinski definition) is 1. The summed E-state index contributed by atoms with van der Waals surface area (Å²) in [5, 5.41) is 8.34. The molecular formula is C11H16O4. The number of esters is 1. The highest BCUT2D eigenvalue weighted by Gasteiger charge is 2.61. The maximum Gasteiger partial charge on any atom is 0.513 e. The predicted molar refractivity (Wildman–Crippen MR) is 54.3 cm³/mol. The molecule has 1 aliphatic carbocycles. The summed E-state index contributed by atoms with van der Waals surface area (Å²) in [4.78, 5) is 21.6. The molecule has 0 radical (unpaired) electrons. The smallest absolute Gasteiger partial charge is 0.449 e. The quantitative estimate of drug-likeness (QED) is 0.434. The maximum absolute atomic E-state index is 11.4. The molecule has 0 aromatic heterocycles. The van der Waals surface area contributed by atoms with Crippen LogP contribution < -0.4 is 0 Å². The van der Waals surface area contributed by atoms with Crippen molar-refractivity contribution in [2.24, 2.45) is 17.3 Å². The molecule has 0 saturated heterocycles. The van der Waals surface area contributed by atoms with E-state index in [1.165, 1.54) is 0 Å². The molecule has 1 N–H and O–H groups in total. The van der Waals surface area contributed by atoms with Crippen molar-refractivity contribution < 1.29 is 19.4 Å². The van der Waals surface area contributed by atoms with Crippen LogP contribution in [-0.4, -0.2) is 17.2 Å². The van der Waals surface area contributed by atoms with Gasteiger partial charge in [-0.05, 0) is 25.2 Å². The molecule has 1 aliphatic rings. The standard InChI is InChI=1S/C11H16O4/c1-6(2)5-7-8(11(7,3)4)9(12)15-10(13)14/h5,7-8H,1-4H3,(H,13,14). The van der Waals surface area contributed by atoms with E-state index in [0.717, 1.165) is 5.57 Å². The van der Waals surface area contributed by atoms with E-state index >= 15 is 0 Å². The van der Waals surface area contributed by atoms with Crippen LogP contribution in [0.1, 0.15) is 27.7 Å². The van der Waals surface area contributed by atoms with E-state index in [0.29, 0.717) is 0 Å². The van der Waals surface area contributed by atoms with Crippen LogP contribution in [0.3, 0.4) is 0 Å². The van der Waals surface area contributed by atoms with E-state index in [-0.39, 0.29) is 17.3 Å². The van der Waals surface area contributed by atoms with Gasteiger partial charge in [0.05, 0.1) is 5.92 Å². The summed E-state index contributed by atoms with van der Waals surface area (Å²) in [6.45, 7) is 7.78. The van der Waals surface area contributed by atoms with Crippen LogP contribution in [0, 0.1) is 17.3 Å². The van der Waals surface area contributed by atoms with Crippen LogP contribution in [0.25, 0.3) is 0 Å². The van der Waals surface area contributed by atoms with Gasteiger partial charge >= 0.3 is 12.1 Å². The van der Waals surface area contributed by atoms with Gasteiger partial charge in [-0.25, -0.2) is 4.79 Å². The summed E-state index contributed by atoms with van der Waals surface area (Å²) in [5.41, 5.74) is 0.933. The first-order valence-electron chi connectivity index (χ1n) is 4.86. The van der Waals surface area contributed by atoms with Crippen LogP contribution in [-0.2, 0) is 9.53 Å². The van der Waals surface area contributed by atoms with Gasteiger partial charge in [0.2, 0.25) is 0 Å². The van der Waals surface area contributed by atoms with Gasteiger partial charge in [0.25, 0.3) is 0 Å². The molecule has 0 aromatic carbocycles. The third kappa shape index (κ3) is 2.37. The molecule has 4 heteroatoms. The summed E-state index contributed by atoms with van der Waals surface area (Å²) in [6, 6.07) is 0. The van der Waals surface area contributed by atoms with E-state index in [2.05, 4.69) is 4.74 Å². The molecule has 1 rings (SSSR count). The molecule has 15 heavy (non-hydrogen) atoms. The number of hydrogen-bond acceptors (Lipinski definition) is 3. The Morgan fingerprint density at radius 1 is 1.33 bits per heavy atom. The highest BCUT2D eigenvalue weighted by molar-refractivity contribution is 5.86. The van der Waals surface area contributed by atoms with E-state index in [4.69, 9.17) is 5.11 Å². The summed E-state index contributed by atoms with van der Waals surface area (Å²) in [7, 11) is 0. The van der Waals surface area contributed by atoms with Crippen LogP contribution in [0.15, 0.2) is 11.6 Å². The van der Waals surface area contributed by atoms with Crippen LogP contribution in [0.4, 0.5) is 4.79 Å². The highest BCUT2D eigenvalue weighted by atomic mass is 16.7. The first kappa shape index (κ1) is 11.8. The largest absolute Gasteiger partial charge is 0.513 e. The van der Waals surface area contributed by atoms with Crippen molar-refractivity contribution in [3.05, 3.63) is 11.6 Å². The van der Waals surface area contributed by atoms with Gasteiger partial charge < -0.3 is 9.84 Å². The summed E-state index contributed by atoms with van der Waals surface area (Å²) in [6.07, 6.45) is 0.465. The molecule has 0 heterocycles. The molecule has 2 unspecified atom stereocenters. The number of carboxylic acid groups (broad SMARTS) is 1. The minimum absolute atomic E-state index is 0.0920. The van der Waals surface area contributed by atoms with Crippen molar-refractivity contribution in [3.8, 4) is 0 Å². The SMILES string of the molecule is CC(C)=CC1C(C(=O)OC(=O)O)C1(C)C.